The van der Waals surface area contributed by atoms with Gasteiger partial charge < -0.3 is 14.8 Å². The summed E-state index contributed by atoms with van der Waals surface area (Å²) in [5.41, 5.74) is 0. The zero-order valence-electron chi connectivity index (χ0n) is 8.87. The van der Waals surface area contributed by atoms with Crippen LogP contribution in [0.2, 0.25) is 0 Å². The van der Waals surface area contributed by atoms with E-state index in [1.165, 1.54) is 0 Å². The van der Waals surface area contributed by atoms with Gasteiger partial charge in [-0.05, 0) is 6.92 Å². The lowest BCUT2D eigenvalue weighted by Gasteiger charge is -2.36. The van der Waals surface area contributed by atoms with Crippen LogP contribution in [0.1, 0.15) is 6.92 Å². The van der Waals surface area contributed by atoms with E-state index in [0.717, 1.165) is 46.0 Å². The highest BCUT2D eigenvalue weighted by Gasteiger charge is 2.23. The molecule has 4 heteroatoms. The molecule has 2 aliphatic heterocycles. The molecule has 0 radical (unpaired) electrons. The molecule has 0 spiro atoms. The van der Waals surface area contributed by atoms with E-state index in [-0.39, 0.29) is 0 Å². The topological polar surface area (TPSA) is 33.7 Å². The molecule has 2 saturated heterocycles. The van der Waals surface area contributed by atoms with Gasteiger partial charge in [-0.1, -0.05) is 0 Å². The first-order valence-electron chi connectivity index (χ1n) is 5.50. The van der Waals surface area contributed by atoms with Crippen LogP contribution < -0.4 is 5.32 Å². The largest absolute Gasteiger partial charge is 0.379 e. The minimum Gasteiger partial charge on any atom is -0.379 e. The van der Waals surface area contributed by atoms with E-state index in [0.29, 0.717) is 12.1 Å². The number of nitrogens with one attached hydrogen (secondary N) is 1. The van der Waals surface area contributed by atoms with Gasteiger partial charge in [0.15, 0.2) is 0 Å². The Bertz CT molecular complexity index is 172. The van der Waals surface area contributed by atoms with Crippen LogP contribution in [0.3, 0.4) is 0 Å². The van der Waals surface area contributed by atoms with Gasteiger partial charge in [0.05, 0.1) is 25.9 Å². The van der Waals surface area contributed by atoms with Crippen molar-refractivity contribution in [1.29, 1.82) is 0 Å². The second-order valence-electron chi connectivity index (χ2n) is 4.12. The molecule has 0 bridgehead atoms. The fraction of sp³-hybridized carbons (Fsp3) is 1.00. The highest BCUT2D eigenvalue weighted by molar-refractivity contribution is 4.77. The second-order valence-corrected chi connectivity index (χ2v) is 4.12. The Morgan fingerprint density at radius 2 is 2.36 bits per heavy atom. The molecule has 2 heterocycles. The van der Waals surface area contributed by atoms with Gasteiger partial charge in [-0.15, -0.1) is 0 Å². The summed E-state index contributed by atoms with van der Waals surface area (Å²) in [5, 5.41) is 3.36. The highest BCUT2D eigenvalue weighted by Crippen LogP contribution is 2.08. The minimum absolute atomic E-state index is 0.365. The molecule has 0 aromatic rings. The van der Waals surface area contributed by atoms with Crippen LogP contribution in [0.4, 0.5) is 0 Å². The molecule has 0 aliphatic carbocycles. The van der Waals surface area contributed by atoms with E-state index in [4.69, 9.17) is 9.47 Å². The Kier molecular flexibility index (Phi) is 3.75. The maximum atomic E-state index is 5.68. The molecule has 14 heavy (non-hydrogen) atoms. The minimum atomic E-state index is 0.365. The van der Waals surface area contributed by atoms with Gasteiger partial charge in [0.1, 0.15) is 0 Å². The van der Waals surface area contributed by atoms with Gasteiger partial charge in [-0.25, -0.2) is 0 Å². The molecule has 0 amide bonds. The third-order valence-corrected chi connectivity index (χ3v) is 2.95. The number of rotatable bonds is 2. The van der Waals surface area contributed by atoms with Gasteiger partial charge in [-0.2, -0.15) is 0 Å². The van der Waals surface area contributed by atoms with Gasteiger partial charge >= 0.3 is 0 Å². The maximum absolute atomic E-state index is 5.68. The maximum Gasteiger partial charge on any atom is 0.0826 e. The number of nitrogens with zero attached hydrogens (tertiary/aromatic N) is 1. The molecule has 82 valence electrons. The molecule has 0 aromatic heterocycles. The number of hydrogen-bond acceptors (Lipinski definition) is 4. The van der Waals surface area contributed by atoms with Gasteiger partial charge in [0.25, 0.3) is 0 Å². The standard InChI is InChI=1S/C10H20N2O2/c1-9-8-13-5-3-12(9)7-10-6-11-2-4-14-10/h9-11H,2-8H2,1H3. The Labute approximate surface area is 85.5 Å². The third-order valence-electron chi connectivity index (χ3n) is 2.95. The molecule has 0 aromatic carbocycles. The lowest BCUT2D eigenvalue weighted by Crippen LogP contribution is -2.51. The summed E-state index contributed by atoms with van der Waals surface area (Å²) in [6, 6.07) is 0.536. The Morgan fingerprint density at radius 3 is 3.07 bits per heavy atom. The number of ether oxygens (including phenoxy) is 2. The Hall–Kier alpha value is -0.160. The number of hydrogen-bond donors (Lipinski definition) is 1. The SMILES string of the molecule is CC1COCCN1CC1CNCCO1. The summed E-state index contributed by atoms with van der Waals surface area (Å²) in [6.45, 7) is 8.86. The second kappa shape index (κ2) is 5.07. The highest BCUT2D eigenvalue weighted by atomic mass is 16.5. The zero-order valence-corrected chi connectivity index (χ0v) is 8.87. The third kappa shape index (κ3) is 2.67. The van der Waals surface area contributed by atoms with Crippen LogP contribution in [-0.4, -0.2) is 63.0 Å². The summed E-state index contributed by atoms with van der Waals surface area (Å²) in [7, 11) is 0. The summed E-state index contributed by atoms with van der Waals surface area (Å²) >= 11 is 0. The molecule has 2 atom stereocenters. The van der Waals surface area contributed by atoms with E-state index in [9.17, 15) is 0 Å². The van der Waals surface area contributed by atoms with Crippen LogP contribution in [-0.2, 0) is 9.47 Å². The van der Waals surface area contributed by atoms with Crippen molar-refractivity contribution in [2.24, 2.45) is 0 Å². The quantitative estimate of drug-likeness (QED) is 0.663. The molecule has 0 saturated carbocycles. The van der Waals surface area contributed by atoms with Crippen LogP contribution in [0.5, 0.6) is 0 Å². The van der Waals surface area contributed by atoms with Crippen LogP contribution in [0.25, 0.3) is 0 Å². The van der Waals surface area contributed by atoms with E-state index in [1.54, 1.807) is 0 Å². The predicted molar refractivity (Wildman–Crippen MR) is 54.5 cm³/mol. The summed E-state index contributed by atoms with van der Waals surface area (Å²) < 4.78 is 11.1. The summed E-state index contributed by atoms with van der Waals surface area (Å²) in [6.07, 6.45) is 0.365. The fourth-order valence-corrected chi connectivity index (χ4v) is 2.03. The molecule has 4 nitrogen and oxygen atoms in total. The van der Waals surface area contributed by atoms with E-state index in [1.807, 2.05) is 0 Å². The molecule has 1 N–H and O–H groups in total. The van der Waals surface area contributed by atoms with E-state index in [2.05, 4.69) is 17.1 Å². The molecule has 2 rings (SSSR count). The Balaban J connectivity index is 1.76. The lowest BCUT2D eigenvalue weighted by molar-refractivity contribution is -0.0450. The van der Waals surface area contributed by atoms with Crippen molar-refractivity contribution in [3.8, 4) is 0 Å². The lowest BCUT2D eigenvalue weighted by atomic mass is 10.2. The molecule has 2 fully saturated rings. The molecule has 2 aliphatic rings. The average Bonchev–Trinajstić information content (AvgIpc) is 2.23. The van der Waals surface area contributed by atoms with Crippen LogP contribution in [0.15, 0.2) is 0 Å². The first kappa shape index (κ1) is 10.4. The molecular weight excluding hydrogens is 180 g/mol. The van der Waals surface area contributed by atoms with E-state index < -0.39 is 0 Å². The normalized spacial score (nSPS) is 35.8. The van der Waals surface area contributed by atoms with Crippen molar-refractivity contribution in [3.05, 3.63) is 0 Å². The van der Waals surface area contributed by atoms with Gasteiger partial charge in [-0.3, -0.25) is 4.90 Å². The van der Waals surface area contributed by atoms with Crippen molar-refractivity contribution < 1.29 is 9.47 Å². The predicted octanol–water partition coefficient (Wildman–Crippen LogP) is -0.304. The number of morpholine rings is 2. The van der Waals surface area contributed by atoms with Crippen LogP contribution in [0, 0.1) is 0 Å². The van der Waals surface area contributed by atoms with E-state index >= 15 is 0 Å². The smallest absolute Gasteiger partial charge is 0.0826 e. The van der Waals surface area contributed by atoms with Crippen molar-refractivity contribution in [3.63, 3.8) is 0 Å². The summed E-state index contributed by atoms with van der Waals surface area (Å²) in [5.74, 6) is 0. The van der Waals surface area contributed by atoms with Gasteiger partial charge in [0, 0.05) is 32.2 Å². The van der Waals surface area contributed by atoms with Crippen molar-refractivity contribution in [2.75, 3.05) is 46.0 Å². The average molecular weight is 200 g/mol. The Morgan fingerprint density at radius 1 is 1.43 bits per heavy atom. The van der Waals surface area contributed by atoms with Gasteiger partial charge in [0.2, 0.25) is 0 Å². The van der Waals surface area contributed by atoms with Crippen molar-refractivity contribution >= 4 is 0 Å². The monoisotopic (exact) mass is 200 g/mol. The summed E-state index contributed by atoms with van der Waals surface area (Å²) in [4.78, 5) is 2.46. The first-order valence-corrected chi connectivity index (χ1v) is 5.50. The first-order chi connectivity index (χ1) is 6.86. The van der Waals surface area contributed by atoms with Crippen molar-refractivity contribution in [1.82, 2.24) is 10.2 Å². The fourth-order valence-electron chi connectivity index (χ4n) is 2.03. The zero-order chi connectivity index (χ0) is 9.80. The van der Waals surface area contributed by atoms with Crippen molar-refractivity contribution in [2.45, 2.75) is 19.1 Å². The van der Waals surface area contributed by atoms with Crippen LogP contribution >= 0.6 is 0 Å². The molecular formula is C10H20N2O2. The molecule has 2 unspecified atom stereocenters.